The predicted octanol–water partition coefficient (Wildman–Crippen LogP) is 4.53. The molecule has 5 nitrogen and oxygen atoms in total. The average molecular weight is 381 g/mol. The molecule has 0 radical (unpaired) electrons. The highest BCUT2D eigenvalue weighted by molar-refractivity contribution is 5.69. The molecule has 0 saturated carbocycles. The first-order valence-electron chi connectivity index (χ1n) is 9.94. The predicted molar refractivity (Wildman–Crippen MR) is 107 cm³/mol. The zero-order chi connectivity index (χ0) is 19.5. The molecule has 1 heterocycles. The van der Waals surface area contributed by atoms with Gasteiger partial charge in [-0.05, 0) is 42.9 Å². The SMILES string of the molecule is COc1ccc2c(c1OC)CCC1[C@H]2CCCN1C(=O)OCc1ccccc1. The average Bonchev–Trinajstić information content (AvgIpc) is 2.76. The molecule has 4 rings (SSSR count). The Labute approximate surface area is 166 Å². The lowest BCUT2D eigenvalue weighted by Gasteiger charge is -2.44. The minimum atomic E-state index is -0.206. The molecule has 0 aromatic heterocycles. The minimum absolute atomic E-state index is 0.183. The number of rotatable bonds is 4. The van der Waals surface area contributed by atoms with Gasteiger partial charge in [0.25, 0.3) is 0 Å². The van der Waals surface area contributed by atoms with Gasteiger partial charge in [0, 0.05) is 24.1 Å². The van der Waals surface area contributed by atoms with Crippen molar-refractivity contribution < 1.29 is 19.0 Å². The monoisotopic (exact) mass is 381 g/mol. The number of nitrogens with zero attached hydrogens (tertiary/aromatic N) is 1. The number of fused-ring (bicyclic) bond motifs is 3. The maximum Gasteiger partial charge on any atom is 0.410 e. The van der Waals surface area contributed by atoms with E-state index in [-0.39, 0.29) is 12.1 Å². The summed E-state index contributed by atoms with van der Waals surface area (Å²) in [6, 6.07) is 14.1. The fourth-order valence-corrected chi connectivity index (χ4v) is 4.71. The number of hydrogen-bond donors (Lipinski definition) is 0. The van der Waals surface area contributed by atoms with E-state index in [9.17, 15) is 4.79 Å². The van der Waals surface area contributed by atoms with E-state index in [1.165, 1.54) is 11.1 Å². The van der Waals surface area contributed by atoms with Crippen LogP contribution < -0.4 is 9.47 Å². The van der Waals surface area contributed by atoms with Crippen molar-refractivity contribution in [2.24, 2.45) is 0 Å². The summed E-state index contributed by atoms with van der Waals surface area (Å²) >= 11 is 0. The Bertz CT molecular complexity index is 836. The lowest BCUT2D eigenvalue weighted by molar-refractivity contribution is 0.0566. The van der Waals surface area contributed by atoms with Crippen LogP contribution in [0.25, 0.3) is 0 Å². The summed E-state index contributed by atoms with van der Waals surface area (Å²) in [7, 11) is 3.36. The van der Waals surface area contributed by atoms with Gasteiger partial charge in [-0.25, -0.2) is 4.79 Å². The fraction of sp³-hybridized carbons (Fsp3) is 0.435. The second-order valence-electron chi connectivity index (χ2n) is 7.46. The number of methoxy groups -OCH3 is 2. The minimum Gasteiger partial charge on any atom is -0.493 e. The highest BCUT2D eigenvalue weighted by atomic mass is 16.6. The molecule has 2 atom stereocenters. The number of piperidine rings is 1. The molecule has 148 valence electrons. The van der Waals surface area contributed by atoms with Crippen molar-refractivity contribution in [2.75, 3.05) is 20.8 Å². The van der Waals surface area contributed by atoms with Crippen molar-refractivity contribution in [1.82, 2.24) is 4.90 Å². The van der Waals surface area contributed by atoms with E-state index in [2.05, 4.69) is 6.07 Å². The van der Waals surface area contributed by atoms with Crippen molar-refractivity contribution in [1.29, 1.82) is 0 Å². The van der Waals surface area contributed by atoms with Crippen molar-refractivity contribution in [3.05, 3.63) is 59.2 Å². The molecule has 0 bridgehead atoms. The molecule has 1 saturated heterocycles. The summed E-state index contributed by atoms with van der Waals surface area (Å²) in [5.41, 5.74) is 3.52. The molecular weight excluding hydrogens is 354 g/mol. The van der Waals surface area contributed by atoms with Crippen LogP contribution in [0.15, 0.2) is 42.5 Å². The molecule has 5 heteroatoms. The van der Waals surface area contributed by atoms with Crippen LogP contribution in [0.4, 0.5) is 4.79 Å². The van der Waals surface area contributed by atoms with Crippen LogP contribution in [0, 0.1) is 0 Å². The van der Waals surface area contributed by atoms with Gasteiger partial charge in [0.05, 0.1) is 14.2 Å². The first-order chi connectivity index (χ1) is 13.7. The Hall–Kier alpha value is -2.69. The summed E-state index contributed by atoms with van der Waals surface area (Å²) in [6.45, 7) is 1.08. The number of ether oxygens (including phenoxy) is 3. The largest absolute Gasteiger partial charge is 0.493 e. The van der Waals surface area contributed by atoms with Gasteiger partial charge in [0.15, 0.2) is 11.5 Å². The van der Waals surface area contributed by atoms with Gasteiger partial charge in [-0.1, -0.05) is 36.4 Å². The van der Waals surface area contributed by atoms with E-state index in [0.29, 0.717) is 12.5 Å². The second-order valence-corrected chi connectivity index (χ2v) is 7.46. The molecule has 0 spiro atoms. The van der Waals surface area contributed by atoms with Gasteiger partial charge in [-0.2, -0.15) is 0 Å². The van der Waals surface area contributed by atoms with Crippen LogP contribution >= 0.6 is 0 Å². The maximum atomic E-state index is 12.8. The number of carbonyl (C=O) groups is 1. The standard InChI is InChI=1S/C23H27NO4/c1-26-21-13-11-17-18-9-6-14-24(20(18)12-10-19(17)22(21)27-2)23(25)28-15-16-7-4-3-5-8-16/h3-5,7-8,11,13,18,20H,6,9-10,12,14-15H2,1-2H3/t18-,20?/m0/s1. The topological polar surface area (TPSA) is 48.0 Å². The molecular formula is C23H27NO4. The van der Waals surface area contributed by atoms with Gasteiger partial charge < -0.3 is 19.1 Å². The first-order valence-corrected chi connectivity index (χ1v) is 9.94. The van der Waals surface area contributed by atoms with Crippen molar-refractivity contribution in [2.45, 2.75) is 44.2 Å². The molecule has 2 aliphatic rings. The number of benzene rings is 2. The quantitative estimate of drug-likeness (QED) is 0.780. The Kier molecular flexibility index (Phi) is 5.42. The molecule has 28 heavy (non-hydrogen) atoms. The molecule has 1 aliphatic heterocycles. The normalized spacial score (nSPS) is 20.7. The van der Waals surface area contributed by atoms with Gasteiger partial charge >= 0.3 is 6.09 Å². The van der Waals surface area contributed by atoms with E-state index in [0.717, 1.165) is 49.3 Å². The van der Waals surface area contributed by atoms with E-state index >= 15 is 0 Å². The Morgan fingerprint density at radius 2 is 1.89 bits per heavy atom. The lowest BCUT2D eigenvalue weighted by atomic mass is 9.74. The van der Waals surface area contributed by atoms with Crippen LogP contribution in [0.1, 0.15) is 41.9 Å². The number of carbonyl (C=O) groups excluding carboxylic acids is 1. The highest BCUT2D eigenvalue weighted by Gasteiger charge is 2.40. The van der Waals surface area contributed by atoms with Crippen molar-refractivity contribution in [3.8, 4) is 11.5 Å². The molecule has 2 aromatic carbocycles. The molecule has 2 aromatic rings. The molecule has 1 amide bonds. The highest BCUT2D eigenvalue weighted by Crippen LogP contribution is 2.46. The van der Waals surface area contributed by atoms with E-state index in [1.807, 2.05) is 41.3 Å². The van der Waals surface area contributed by atoms with Crippen LogP contribution in [-0.2, 0) is 17.8 Å². The van der Waals surface area contributed by atoms with Crippen LogP contribution in [0.3, 0.4) is 0 Å². The number of hydrogen-bond acceptors (Lipinski definition) is 4. The van der Waals surface area contributed by atoms with Crippen LogP contribution in [0.2, 0.25) is 0 Å². The van der Waals surface area contributed by atoms with Crippen LogP contribution in [0.5, 0.6) is 11.5 Å². The van der Waals surface area contributed by atoms with Crippen molar-refractivity contribution >= 4 is 6.09 Å². The molecule has 1 unspecified atom stereocenters. The summed E-state index contributed by atoms with van der Waals surface area (Å²) in [5, 5.41) is 0. The summed E-state index contributed by atoms with van der Waals surface area (Å²) < 4.78 is 16.7. The fourth-order valence-electron chi connectivity index (χ4n) is 4.71. The molecule has 0 N–H and O–H groups in total. The van der Waals surface area contributed by atoms with Gasteiger partial charge in [0.2, 0.25) is 0 Å². The van der Waals surface area contributed by atoms with Crippen LogP contribution in [-0.4, -0.2) is 37.8 Å². The third-order valence-corrected chi connectivity index (χ3v) is 5.99. The molecule has 1 fully saturated rings. The third kappa shape index (κ3) is 3.41. The van der Waals surface area contributed by atoms with E-state index in [4.69, 9.17) is 14.2 Å². The zero-order valence-electron chi connectivity index (χ0n) is 16.5. The Morgan fingerprint density at radius 1 is 1.07 bits per heavy atom. The zero-order valence-corrected chi connectivity index (χ0v) is 16.5. The summed E-state index contributed by atoms with van der Waals surface area (Å²) in [4.78, 5) is 14.8. The summed E-state index contributed by atoms with van der Waals surface area (Å²) in [6.07, 6.45) is 3.65. The lowest BCUT2D eigenvalue weighted by Crippen LogP contribution is -2.49. The smallest absolute Gasteiger partial charge is 0.410 e. The maximum absolute atomic E-state index is 12.8. The first kappa shape index (κ1) is 18.7. The van der Waals surface area contributed by atoms with E-state index in [1.54, 1.807) is 14.2 Å². The van der Waals surface area contributed by atoms with E-state index < -0.39 is 0 Å². The number of likely N-dealkylation sites (tertiary alicyclic amines) is 1. The van der Waals surface area contributed by atoms with Gasteiger partial charge in [-0.3, -0.25) is 0 Å². The van der Waals surface area contributed by atoms with Gasteiger partial charge in [-0.15, -0.1) is 0 Å². The Balaban J connectivity index is 1.52. The number of amides is 1. The Morgan fingerprint density at radius 3 is 2.64 bits per heavy atom. The molecule has 1 aliphatic carbocycles. The second kappa shape index (κ2) is 8.13. The van der Waals surface area contributed by atoms with Gasteiger partial charge in [0.1, 0.15) is 6.61 Å². The van der Waals surface area contributed by atoms with Crippen molar-refractivity contribution in [3.63, 3.8) is 0 Å². The summed E-state index contributed by atoms with van der Waals surface area (Å²) in [5.74, 6) is 1.93. The third-order valence-electron chi connectivity index (χ3n) is 5.99.